The van der Waals surface area contributed by atoms with Gasteiger partial charge in [0.1, 0.15) is 46.0 Å². The van der Waals surface area contributed by atoms with Gasteiger partial charge in [-0.15, -0.1) is 0 Å². The lowest BCUT2D eigenvalue weighted by atomic mass is 9.55. The maximum Gasteiger partial charge on any atom is 0.115 e. The maximum atomic E-state index is 9.90. The van der Waals surface area contributed by atoms with Gasteiger partial charge < -0.3 is 40.9 Å². The van der Waals surface area contributed by atoms with E-state index in [0.29, 0.717) is 0 Å². The van der Waals surface area contributed by atoms with Crippen molar-refractivity contribution in [2.75, 3.05) is 0 Å². The Kier molecular flexibility index (Phi) is 16.8. The van der Waals surface area contributed by atoms with E-state index in [-0.39, 0.29) is 67.7 Å². The maximum absolute atomic E-state index is 9.90. The van der Waals surface area contributed by atoms with E-state index in [1.807, 2.05) is 111 Å². The lowest BCUT2D eigenvalue weighted by Gasteiger charge is -2.48. The van der Waals surface area contributed by atoms with Crippen LogP contribution in [0, 0.1) is 0 Å². The zero-order valence-electron chi connectivity index (χ0n) is 42.4. The van der Waals surface area contributed by atoms with Crippen molar-refractivity contribution in [3.63, 3.8) is 0 Å². The fourth-order valence-electron chi connectivity index (χ4n) is 11.4. The van der Waals surface area contributed by atoms with Gasteiger partial charge in [-0.2, -0.15) is 0 Å². The lowest BCUT2D eigenvalue weighted by molar-refractivity contribution is 0.256. The molecule has 0 atom stereocenters. The van der Waals surface area contributed by atoms with Crippen LogP contribution in [0.2, 0.25) is 0 Å². The van der Waals surface area contributed by atoms with E-state index in [2.05, 4.69) is 13.8 Å². The van der Waals surface area contributed by atoms with E-state index in [0.717, 1.165) is 95.9 Å². The van der Waals surface area contributed by atoms with Gasteiger partial charge in [-0.05, 0) is 193 Å². The second-order valence-electron chi connectivity index (χ2n) is 19.4. The molecule has 378 valence electrons. The summed E-state index contributed by atoms with van der Waals surface area (Å²) < 4.78 is 0. The fourth-order valence-corrected chi connectivity index (χ4v) is 11.4. The van der Waals surface area contributed by atoms with Gasteiger partial charge in [0.2, 0.25) is 0 Å². The summed E-state index contributed by atoms with van der Waals surface area (Å²) in [4.78, 5) is 0. The average Bonchev–Trinajstić information content (AvgIpc) is 3.41. The number of rotatable bonds is 8. The van der Waals surface area contributed by atoms with Crippen molar-refractivity contribution >= 4 is 0 Å². The fraction of sp³-hybridized carbons (Fsp3) is 0.262. The zero-order chi connectivity index (χ0) is 52.2. The minimum Gasteiger partial charge on any atom is -0.508 e. The largest absolute Gasteiger partial charge is 0.508 e. The van der Waals surface area contributed by atoms with Crippen LogP contribution in [0.25, 0.3) is 0 Å². The number of aromatic hydroxyl groups is 8. The number of phenols is 8. The topological polar surface area (TPSA) is 162 Å². The highest BCUT2D eigenvalue weighted by Crippen LogP contribution is 2.56. The first kappa shape index (κ1) is 53.0. The average molecular weight is 979 g/mol. The molecule has 0 bridgehead atoms. The highest BCUT2D eigenvalue weighted by Gasteiger charge is 2.48. The first-order valence-corrected chi connectivity index (χ1v) is 25.6. The Morgan fingerprint density at radius 3 is 0.384 bits per heavy atom. The smallest absolute Gasteiger partial charge is 0.115 e. The molecule has 2 saturated carbocycles. The van der Waals surface area contributed by atoms with Gasteiger partial charge in [0, 0.05) is 21.7 Å². The van der Waals surface area contributed by atoms with Crippen molar-refractivity contribution in [1.82, 2.24) is 0 Å². The molecule has 8 N–H and O–H groups in total. The van der Waals surface area contributed by atoms with Gasteiger partial charge in [-0.25, -0.2) is 0 Å². The second-order valence-corrected chi connectivity index (χ2v) is 19.4. The molecule has 2 aliphatic carbocycles. The van der Waals surface area contributed by atoms with Crippen LogP contribution in [-0.2, 0) is 21.7 Å². The molecule has 2 aliphatic rings. The molecule has 0 aromatic heterocycles. The molecule has 73 heavy (non-hydrogen) atoms. The molecule has 0 saturated heterocycles. The van der Waals surface area contributed by atoms with Crippen LogP contribution >= 0.6 is 0 Å². The number of hydrogen-bond donors (Lipinski definition) is 8. The zero-order valence-corrected chi connectivity index (χ0v) is 42.4. The molecule has 0 aliphatic heterocycles. The predicted molar refractivity (Wildman–Crippen MR) is 292 cm³/mol. The Morgan fingerprint density at radius 2 is 0.301 bits per heavy atom. The van der Waals surface area contributed by atoms with E-state index in [4.69, 9.17) is 0 Å². The van der Waals surface area contributed by atoms with Crippen molar-refractivity contribution < 1.29 is 40.9 Å². The standard InChI is InChI=1S/2C30H28O4.C3H8.C2H6/c2*31-25-9-1-21(2-10-25)29(22-3-11-26(32)12-4-22)17-19-30(20-18-29,23-5-13-27(33)14-6-23)24-7-15-28(34)16-8-24;1-3-2;1-2/h2*1-16,31-34H,17-20H2;3H2,1-2H3;1-2H3. The van der Waals surface area contributed by atoms with Gasteiger partial charge >= 0.3 is 0 Å². The molecule has 2 fully saturated rings. The molecule has 0 unspecified atom stereocenters. The van der Waals surface area contributed by atoms with Crippen LogP contribution in [0.15, 0.2) is 194 Å². The predicted octanol–water partition coefficient (Wildman–Crippen LogP) is 15.2. The van der Waals surface area contributed by atoms with Crippen molar-refractivity contribution in [1.29, 1.82) is 0 Å². The van der Waals surface area contributed by atoms with Gasteiger partial charge in [0.05, 0.1) is 0 Å². The van der Waals surface area contributed by atoms with Crippen molar-refractivity contribution in [3.05, 3.63) is 239 Å². The van der Waals surface area contributed by atoms with Crippen LogP contribution in [-0.4, -0.2) is 40.9 Å². The first-order valence-electron chi connectivity index (χ1n) is 25.6. The normalized spacial score (nSPS) is 15.9. The summed E-state index contributed by atoms with van der Waals surface area (Å²) >= 11 is 0. The monoisotopic (exact) mass is 979 g/mol. The molecule has 8 aromatic carbocycles. The molecule has 0 amide bonds. The summed E-state index contributed by atoms with van der Waals surface area (Å²) in [5.41, 5.74) is 8.06. The molecule has 0 radical (unpaired) electrons. The SMILES string of the molecule is CC.CCC.Oc1ccc(C2(c3ccc(O)cc3)CCC(c3ccc(O)cc3)(c3ccc(O)cc3)CC2)cc1.Oc1ccc(C2(c3ccc(O)cc3)CCC(c3ccc(O)cc3)(c3ccc(O)cc3)CC2)cc1. The summed E-state index contributed by atoms with van der Waals surface area (Å²) in [6.45, 7) is 8.25. The van der Waals surface area contributed by atoms with Gasteiger partial charge in [-0.1, -0.05) is 131 Å². The Morgan fingerprint density at radius 1 is 0.219 bits per heavy atom. The molecule has 8 aromatic rings. The first-order chi connectivity index (χ1) is 35.2. The van der Waals surface area contributed by atoms with E-state index in [9.17, 15) is 40.9 Å². The summed E-state index contributed by atoms with van der Waals surface area (Å²) in [6, 6.07) is 59.7. The van der Waals surface area contributed by atoms with Crippen LogP contribution in [0.5, 0.6) is 46.0 Å². The van der Waals surface area contributed by atoms with Gasteiger partial charge in [-0.3, -0.25) is 0 Å². The summed E-state index contributed by atoms with van der Waals surface area (Å²) in [5.74, 6) is 1.91. The summed E-state index contributed by atoms with van der Waals surface area (Å²) in [6.07, 6.45) is 8.06. The molecule has 8 nitrogen and oxygen atoms in total. The van der Waals surface area contributed by atoms with E-state index in [1.165, 1.54) is 6.42 Å². The molecular formula is C65H70O8. The number of hydrogen-bond acceptors (Lipinski definition) is 8. The van der Waals surface area contributed by atoms with Crippen LogP contribution in [0.3, 0.4) is 0 Å². The molecular weight excluding hydrogens is 909 g/mol. The molecule has 0 heterocycles. The second kappa shape index (κ2) is 23.1. The summed E-state index contributed by atoms with van der Waals surface area (Å²) in [7, 11) is 0. The highest BCUT2D eigenvalue weighted by atomic mass is 16.3. The van der Waals surface area contributed by atoms with E-state index < -0.39 is 0 Å². The minimum absolute atomic E-state index is 0.239. The summed E-state index contributed by atoms with van der Waals surface area (Å²) in [5, 5.41) is 79.2. The quantitative estimate of drug-likeness (QED) is 0.0746. The molecule has 10 rings (SSSR count). The van der Waals surface area contributed by atoms with Crippen molar-refractivity contribution in [2.24, 2.45) is 0 Å². The third-order valence-electron chi connectivity index (χ3n) is 15.3. The van der Waals surface area contributed by atoms with Crippen LogP contribution < -0.4 is 0 Å². The molecule has 8 heteroatoms. The van der Waals surface area contributed by atoms with Gasteiger partial charge in [0.25, 0.3) is 0 Å². The Hall–Kier alpha value is -7.84. The van der Waals surface area contributed by atoms with Gasteiger partial charge in [0.15, 0.2) is 0 Å². The highest BCUT2D eigenvalue weighted by molar-refractivity contribution is 5.51. The third-order valence-corrected chi connectivity index (χ3v) is 15.3. The van der Waals surface area contributed by atoms with Crippen LogP contribution in [0.1, 0.15) is 130 Å². The number of phenolic OH excluding ortho intramolecular Hbond substituents is 8. The number of benzene rings is 8. The Balaban J connectivity index is 0.000000197. The third kappa shape index (κ3) is 11.3. The Labute approximate surface area is 430 Å². The van der Waals surface area contributed by atoms with Crippen molar-refractivity contribution in [3.8, 4) is 46.0 Å². The van der Waals surface area contributed by atoms with Crippen molar-refractivity contribution in [2.45, 2.75) is 107 Å². The minimum atomic E-state index is -0.265. The van der Waals surface area contributed by atoms with E-state index >= 15 is 0 Å². The lowest BCUT2D eigenvalue weighted by Crippen LogP contribution is -2.41. The van der Waals surface area contributed by atoms with Crippen LogP contribution in [0.4, 0.5) is 0 Å². The molecule has 0 spiro atoms. The Bertz CT molecular complexity index is 2330. The van der Waals surface area contributed by atoms with E-state index in [1.54, 1.807) is 97.1 Å².